The minimum atomic E-state index is -4.43. The Labute approximate surface area is 210 Å². The third-order valence-electron chi connectivity index (χ3n) is 6.26. The van der Waals surface area contributed by atoms with Crippen molar-refractivity contribution >= 4 is 30.7 Å². The predicted octanol–water partition coefficient (Wildman–Crippen LogP) is 4.88. The van der Waals surface area contributed by atoms with Crippen molar-refractivity contribution < 1.29 is 22.7 Å². The predicted molar refractivity (Wildman–Crippen MR) is 129 cm³/mol. The van der Waals surface area contributed by atoms with E-state index in [1.165, 1.54) is 6.07 Å². The molecule has 4 rings (SSSR count). The average molecular weight is 520 g/mol. The molecule has 1 aromatic heterocycles. The van der Waals surface area contributed by atoms with E-state index >= 15 is 0 Å². The summed E-state index contributed by atoms with van der Waals surface area (Å²) in [6.07, 6.45) is -2.44. The van der Waals surface area contributed by atoms with Crippen LogP contribution in [0.2, 0.25) is 0 Å². The molecule has 5 nitrogen and oxygen atoms in total. The van der Waals surface area contributed by atoms with Gasteiger partial charge in [-0.25, -0.2) is 4.98 Å². The lowest BCUT2D eigenvalue weighted by Crippen LogP contribution is -2.60. The van der Waals surface area contributed by atoms with Crippen molar-refractivity contribution in [1.82, 2.24) is 14.8 Å². The number of morpholine rings is 1. The van der Waals surface area contributed by atoms with E-state index in [0.717, 1.165) is 32.0 Å². The number of hydrogen-bond donors (Lipinski definition) is 0. The zero-order valence-electron chi connectivity index (χ0n) is 19.0. The van der Waals surface area contributed by atoms with E-state index in [4.69, 9.17) is 4.74 Å². The number of piperidine rings is 1. The minimum Gasteiger partial charge on any atom is -0.368 e. The normalized spacial score (nSPS) is 20.4. The Balaban J connectivity index is 0.00000204. The van der Waals surface area contributed by atoms with Crippen LogP contribution >= 0.6 is 24.8 Å². The van der Waals surface area contributed by atoms with Gasteiger partial charge in [-0.3, -0.25) is 4.79 Å². The van der Waals surface area contributed by atoms with Crippen LogP contribution in [0.4, 0.5) is 13.2 Å². The number of pyridine rings is 1. The van der Waals surface area contributed by atoms with E-state index < -0.39 is 11.9 Å². The molecule has 0 radical (unpaired) electrons. The summed E-state index contributed by atoms with van der Waals surface area (Å²) >= 11 is 0. The number of halogens is 5. The van der Waals surface area contributed by atoms with Crippen LogP contribution in [0.5, 0.6) is 0 Å². The maximum absolute atomic E-state index is 13.0. The molecule has 1 spiro atoms. The van der Waals surface area contributed by atoms with Crippen LogP contribution in [0.3, 0.4) is 0 Å². The first-order valence-corrected chi connectivity index (χ1v) is 11.0. The second-order valence-corrected chi connectivity index (χ2v) is 8.77. The first-order valence-electron chi connectivity index (χ1n) is 11.0. The lowest BCUT2D eigenvalue weighted by atomic mass is 9.88. The number of carbonyl (C=O) groups excluding carboxylic acids is 1. The van der Waals surface area contributed by atoms with Gasteiger partial charge in [0.2, 0.25) is 0 Å². The first-order chi connectivity index (χ1) is 15.2. The van der Waals surface area contributed by atoms with E-state index in [2.05, 4.69) is 9.88 Å². The van der Waals surface area contributed by atoms with Crippen LogP contribution in [0, 0.1) is 0 Å². The number of hydrogen-bond acceptors (Lipinski definition) is 4. The van der Waals surface area contributed by atoms with Crippen LogP contribution in [0.1, 0.15) is 41.5 Å². The lowest BCUT2D eigenvalue weighted by Gasteiger charge is -2.49. The highest BCUT2D eigenvalue weighted by Gasteiger charge is 2.43. The number of amides is 1. The summed E-state index contributed by atoms with van der Waals surface area (Å²) in [5, 5.41) is 0. The second kappa shape index (κ2) is 11.7. The molecule has 0 saturated carbocycles. The van der Waals surface area contributed by atoms with Crippen LogP contribution in [0.25, 0.3) is 0 Å². The van der Waals surface area contributed by atoms with Crippen LogP contribution < -0.4 is 0 Å². The molecule has 1 amide bonds. The zero-order valence-corrected chi connectivity index (χ0v) is 20.6. The molecule has 1 aromatic carbocycles. The van der Waals surface area contributed by atoms with Gasteiger partial charge in [0.25, 0.3) is 5.91 Å². The number of aromatic nitrogens is 1. The van der Waals surface area contributed by atoms with Gasteiger partial charge in [0.05, 0.1) is 18.2 Å². The Morgan fingerprint density at radius 3 is 2.41 bits per heavy atom. The van der Waals surface area contributed by atoms with Gasteiger partial charge in [-0.05, 0) is 44.0 Å². The molecule has 188 valence electrons. The molecule has 3 heterocycles. The molecule has 2 saturated heterocycles. The van der Waals surface area contributed by atoms with Crippen LogP contribution in [-0.4, -0.2) is 65.1 Å². The molecule has 10 heteroatoms. The molecule has 34 heavy (non-hydrogen) atoms. The van der Waals surface area contributed by atoms with Gasteiger partial charge in [-0.1, -0.05) is 24.3 Å². The molecular formula is C24H30Cl2F3N3O2. The number of carbonyl (C=O) groups is 1. The molecule has 1 atom stereocenters. The highest BCUT2D eigenvalue weighted by molar-refractivity contribution is 5.94. The topological polar surface area (TPSA) is 45.7 Å². The zero-order chi connectivity index (χ0) is 22.8. The van der Waals surface area contributed by atoms with Crippen LogP contribution in [-0.2, 0) is 17.3 Å². The smallest absolute Gasteiger partial charge is 0.368 e. The lowest BCUT2D eigenvalue weighted by molar-refractivity contribution is -0.161. The third kappa shape index (κ3) is 6.84. The van der Waals surface area contributed by atoms with E-state index in [1.54, 1.807) is 6.07 Å². The van der Waals surface area contributed by atoms with Gasteiger partial charge in [0.15, 0.2) is 0 Å². The molecule has 2 fully saturated rings. The second-order valence-electron chi connectivity index (χ2n) is 8.77. The summed E-state index contributed by atoms with van der Waals surface area (Å²) in [4.78, 5) is 20.9. The standard InChI is InChI=1S/C24H28F3N3O2.2ClH/c1-18-16-30(22(31)19-6-3-2-4-7-19)17-23(32-18)11-14-29(15-12-23)13-10-20-8-5-9-21(28-20)24(25,26)27;;/h2-9,18H,10-17H2,1H3;2*1H. The largest absolute Gasteiger partial charge is 0.433 e. The quantitative estimate of drug-likeness (QED) is 0.577. The van der Waals surface area contributed by atoms with Gasteiger partial charge >= 0.3 is 6.18 Å². The molecule has 2 aliphatic rings. The summed E-state index contributed by atoms with van der Waals surface area (Å²) in [5.41, 5.74) is -0.0852. The average Bonchev–Trinajstić information content (AvgIpc) is 2.78. The Morgan fingerprint density at radius 2 is 1.76 bits per heavy atom. The van der Waals surface area contributed by atoms with Gasteiger partial charge < -0.3 is 14.5 Å². The molecule has 2 aromatic rings. The van der Waals surface area contributed by atoms with Crippen molar-refractivity contribution in [2.24, 2.45) is 0 Å². The van der Waals surface area contributed by atoms with Crippen molar-refractivity contribution in [3.05, 3.63) is 65.5 Å². The van der Waals surface area contributed by atoms with Crippen molar-refractivity contribution in [2.45, 2.75) is 44.1 Å². The van der Waals surface area contributed by atoms with Gasteiger partial charge in [0, 0.05) is 43.9 Å². The Kier molecular flexibility index (Phi) is 9.77. The fourth-order valence-corrected chi connectivity index (χ4v) is 4.65. The number of rotatable bonds is 4. The Hall–Kier alpha value is -1.87. The molecule has 1 unspecified atom stereocenters. The molecular weight excluding hydrogens is 490 g/mol. The summed E-state index contributed by atoms with van der Waals surface area (Å²) in [6, 6.07) is 13.3. The Morgan fingerprint density at radius 1 is 1.09 bits per heavy atom. The number of nitrogens with zero attached hydrogens (tertiary/aromatic N) is 3. The maximum atomic E-state index is 13.0. The van der Waals surface area contributed by atoms with Gasteiger partial charge in [-0.2, -0.15) is 13.2 Å². The maximum Gasteiger partial charge on any atom is 0.433 e. The van der Waals surface area contributed by atoms with Gasteiger partial charge in [0.1, 0.15) is 5.69 Å². The van der Waals surface area contributed by atoms with E-state index in [1.807, 2.05) is 42.2 Å². The molecule has 0 aliphatic carbocycles. The summed E-state index contributed by atoms with van der Waals surface area (Å²) in [6.45, 7) is 5.33. The van der Waals surface area contributed by atoms with Gasteiger partial charge in [-0.15, -0.1) is 24.8 Å². The van der Waals surface area contributed by atoms with Crippen molar-refractivity contribution in [3.8, 4) is 0 Å². The van der Waals surface area contributed by atoms with Crippen molar-refractivity contribution in [1.29, 1.82) is 0 Å². The highest BCUT2D eigenvalue weighted by atomic mass is 35.5. The monoisotopic (exact) mass is 519 g/mol. The van der Waals surface area contributed by atoms with Crippen molar-refractivity contribution in [2.75, 3.05) is 32.7 Å². The minimum absolute atomic E-state index is 0. The molecule has 0 N–H and O–H groups in total. The van der Waals surface area contributed by atoms with E-state index in [0.29, 0.717) is 37.3 Å². The van der Waals surface area contributed by atoms with E-state index in [9.17, 15) is 18.0 Å². The third-order valence-corrected chi connectivity index (χ3v) is 6.26. The number of benzene rings is 1. The summed E-state index contributed by atoms with van der Waals surface area (Å²) < 4.78 is 45.0. The fourth-order valence-electron chi connectivity index (χ4n) is 4.65. The summed E-state index contributed by atoms with van der Waals surface area (Å²) in [7, 11) is 0. The molecule has 2 aliphatic heterocycles. The fraction of sp³-hybridized carbons (Fsp3) is 0.500. The number of alkyl halides is 3. The first kappa shape index (κ1) is 28.4. The number of ether oxygens (including phenoxy) is 1. The number of likely N-dealkylation sites (tertiary alicyclic amines) is 1. The summed E-state index contributed by atoms with van der Waals surface area (Å²) in [5.74, 6) is 0.0261. The van der Waals surface area contributed by atoms with Crippen molar-refractivity contribution in [3.63, 3.8) is 0 Å². The van der Waals surface area contributed by atoms with E-state index in [-0.39, 0.29) is 42.4 Å². The van der Waals surface area contributed by atoms with Crippen LogP contribution in [0.15, 0.2) is 48.5 Å². The molecule has 0 bridgehead atoms. The highest BCUT2D eigenvalue weighted by Crippen LogP contribution is 2.33. The SMILES string of the molecule is CC1CN(C(=O)c2ccccc2)CC2(CCN(CCc3cccc(C(F)(F)F)n3)CC2)O1.Cl.Cl. The Bertz CT molecular complexity index is 939.